The maximum absolute atomic E-state index is 13.7. The Morgan fingerprint density at radius 1 is 1.03 bits per heavy atom. The van der Waals surface area contributed by atoms with E-state index in [1.807, 2.05) is 0 Å². The number of rotatable bonds is 16. The fraction of sp³-hybridized carbons (Fsp3) is 0.833. The minimum atomic E-state index is -4.51. The van der Waals surface area contributed by atoms with Crippen LogP contribution in [0.5, 0.6) is 0 Å². The summed E-state index contributed by atoms with van der Waals surface area (Å²) >= 11 is -3.22. The number of alkyl halides is 3. The molecule has 0 aliphatic rings. The Bertz CT molecular complexity index is 729. The number of carboxylic acid groups (broad SMARTS) is 1. The Balaban J connectivity index is 3.40. The molecule has 0 aliphatic heterocycles. The van der Waals surface area contributed by atoms with E-state index in [4.69, 9.17) is 0 Å². The van der Waals surface area contributed by atoms with Crippen molar-refractivity contribution in [3.63, 3.8) is 0 Å². The van der Waals surface area contributed by atoms with E-state index < -0.39 is 44.4 Å². The Kier molecular flexibility index (Phi) is 13.0. The van der Waals surface area contributed by atoms with Crippen LogP contribution in [-0.4, -0.2) is 60.3 Å². The van der Waals surface area contributed by atoms with Gasteiger partial charge in [0.25, 0.3) is 0 Å². The second-order valence-corrected chi connectivity index (χ2v) is 29.5. The third kappa shape index (κ3) is 10.1. The molecule has 1 aromatic rings. The number of hydrogen-bond acceptors (Lipinski definition) is 3. The topological polar surface area (TPSA) is 61.2 Å². The molecule has 0 spiro atoms. The van der Waals surface area contributed by atoms with Crippen LogP contribution in [-0.2, 0) is 12.7 Å². The summed E-state index contributed by atoms with van der Waals surface area (Å²) in [6.45, 7) is 13.5. The van der Waals surface area contributed by atoms with Crippen molar-refractivity contribution in [1.82, 2.24) is 14.7 Å². The summed E-state index contributed by atoms with van der Waals surface area (Å²) in [7, 11) is -1.47. The number of nitrogens with zero attached hydrogens (tertiary/aromatic N) is 3. The zero-order valence-corrected chi connectivity index (χ0v) is 25.9. The van der Waals surface area contributed by atoms with E-state index in [0.717, 1.165) is 61.6 Å². The normalized spacial score (nSPS) is 12.9. The average Bonchev–Trinajstić information content (AvgIpc) is 3.18. The van der Waals surface area contributed by atoms with Crippen LogP contribution in [0, 0.1) is 0 Å². The maximum atomic E-state index is 13.7. The molecule has 1 amide bonds. The predicted molar refractivity (Wildman–Crippen MR) is 137 cm³/mol. The van der Waals surface area contributed by atoms with Crippen LogP contribution in [0.15, 0.2) is 6.07 Å². The van der Waals surface area contributed by atoms with Gasteiger partial charge in [0.05, 0.1) is 0 Å². The van der Waals surface area contributed by atoms with Gasteiger partial charge in [-0.3, -0.25) is 0 Å². The van der Waals surface area contributed by atoms with Gasteiger partial charge < -0.3 is 0 Å². The molecule has 0 N–H and O–H groups in total. The van der Waals surface area contributed by atoms with E-state index in [2.05, 4.69) is 45.5 Å². The van der Waals surface area contributed by atoms with Crippen molar-refractivity contribution in [3.8, 4) is 0 Å². The molecule has 198 valence electrons. The fourth-order valence-corrected chi connectivity index (χ4v) is 21.8. The number of aromatic nitrogens is 2. The van der Waals surface area contributed by atoms with Gasteiger partial charge in [-0.2, -0.15) is 0 Å². The van der Waals surface area contributed by atoms with Crippen molar-refractivity contribution in [2.45, 2.75) is 111 Å². The van der Waals surface area contributed by atoms with Crippen LogP contribution in [0.4, 0.5) is 18.0 Å². The summed E-state index contributed by atoms with van der Waals surface area (Å²) in [5.74, 6) is 0. The van der Waals surface area contributed by atoms with Gasteiger partial charge in [-0.1, -0.05) is 0 Å². The van der Waals surface area contributed by atoms with Crippen LogP contribution >= 0.6 is 0 Å². The van der Waals surface area contributed by atoms with E-state index in [1.54, 1.807) is 4.68 Å². The summed E-state index contributed by atoms with van der Waals surface area (Å²) in [5.41, 5.74) is -0.838. The Labute approximate surface area is 209 Å². The van der Waals surface area contributed by atoms with Crippen LogP contribution in [0.1, 0.15) is 65.0 Å². The monoisotopic (exact) mass is 612 g/mol. The first-order valence-corrected chi connectivity index (χ1v) is 24.1. The van der Waals surface area contributed by atoms with Gasteiger partial charge in [0.2, 0.25) is 0 Å². The number of halogens is 3. The van der Waals surface area contributed by atoms with Gasteiger partial charge in [-0.25, -0.2) is 0 Å². The summed E-state index contributed by atoms with van der Waals surface area (Å²) in [6, 6.07) is 2.11. The van der Waals surface area contributed by atoms with Crippen molar-refractivity contribution in [2.24, 2.45) is 0 Å². The molecule has 0 saturated heterocycles. The quantitative estimate of drug-likeness (QED) is 0.218. The van der Waals surface area contributed by atoms with Crippen LogP contribution in [0.2, 0.25) is 39.0 Å². The molecule has 0 bridgehead atoms. The molecule has 1 rings (SSSR count). The van der Waals surface area contributed by atoms with Crippen molar-refractivity contribution in [1.29, 1.82) is 0 Å². The van der Waals surface area contributed by atoms with Gasteiger partial charge >= 0.3 is 210 Å². The SMILES string of the molecule is CCC[CH2][Sn]([CH2]CCC)([CH2]CCC)[c]1cc(C(F)(F)F)nn1CCN(CC[Si](C)(C)C)C(=O)[O-]. The summed E-state index contributed by atoms with van der Waals surface area (Å²) in [6.07, 6.45) is 0.363. The summed E-state index contributed by atoms with van der Waals surface area (Å²) in [5, 5.41) is 15.8. The fourth-order valence-electron chi connectivity index (χ4n) is 4.44. The van der Waals surface area contributed by atoms with Gasteiger partial charge in [-0.15, -0.1) is 0 Å². The second-order valence-electron chi connectivity index (χ2n) is 10.8. The van der Waals surface area contributed by atoms with Crippen molar-refractivity contribution in [3.05, 3.63) is 11.8 Å². The minimum absolute atomic E-state index is 0.107. The first-order chi connectivity index (χ1) is 15.8. The second kappa shape index (κ2) is 14.1. The Hall–Kier alpha value is -0.714. The molecular formula is C24H45F3N3O2SiSn-. The van der Waals surface area contributed by atoms with E-state index in [-0.39, 0.29) is 13.1 Å². The number of amides is 1. The molecule has 0 aliphatic carbocycles. The number of carbonyl (C=O) groups excluding carboxylic acids is 1. The number of hydrogen-bond donors (Lipinski definition) is 0. The van der Waals surface area contributed by atoms with E-state index in [0.29, 0.717) is 6.54 Å². The molecule has 5 nitrogen and oxygen atoms in total. The average molecular weight is 611 g/mol. The molecule has 10 heteroatoms. The number of carbonyl (C=O) groups is 1. The predicted octanol–water partition coefficient (Wildman–Crippen LogP) is 5.94. The molecule has 0 unspecified atom stereocenters. The van der Waals surface area contributed by atoms with E-state index in [9.17, 15) is 23.1 Å². The third-order valence-electron chi connectivity index (χ3n) is 6.61. The molecule has 0 fully saturated rings. The molecular weight excluding hydrogens is 566 g/mol. The third-order valence-corrected chi connectivity index (χ3v) is 23.8. The van der Waals surface area contributed by atoms with Crippen molar-refractivity contribution in [2.75, 3.05) is 13.1 Å². The molecule has 1 heterocycles. The Morgan fingerprint density at radius 3 is 1.91 bits per heavy atom. The van der Waals surface area contributed by atoms with Gasteiger partial charge in [0.15, 0.2) is 0 Å². The zero-order chi connectivity index (χ0) is 26.0. The van der Waals surface area contributed by atoms with E-state index >= 15 is 0 Å². The number of unbranched alkanes of at least 4 members (excludes halogenated alkanes) is 3. The molecule has 0 atom stereocenters. The van der Waals surface area contributed by atoms with Crippen molar-refractivity contribution >= 4 is 36.3 Å². The molecule has 34 heavy (non-hydrogen) atoms. The van der Waals surface area contributed by atoms with Crippen LogP contribution < -0.4 is 8.82 Å². The summed E-state index contributed by atoms with van der Waals surface area (Å²) in [4.78, 5) is 13.0. The van der Waals surface area contributed by atoms with Crippen LogP contribution in [0.3, 0.4) is 0 Å². The first-order valence-electron chi connectivity index (χ1n) is 12.9. The summed E-state index contributed by atoms with van der Waals surface area (Å²) < 4.78 is 46.7. The van der Waals surface area contributed by atoms with Crippen LogP contribution in [0.25, 0.3) is 0 Å². The molecule has 0 radical (unpaired) electrons. The van der Waals surface area contributed by atoms with Gasteiger partial charge in [0, 0.05) is 0 Å². The first kappa shape index (κ1) is 31.3. The van der Waals surface area contributed by atoms with E-state index in [1.165, 1.54) is 11.0 Å². The Morgan fingerprint density at radius 2 is 1.53 bits per heavy atom. The molecule has 0 aromatic carbocycles. The molecule has 0 saturated carbocycles. The zero-order valence-electron chi connectivity index (χ0n) is 22.1. The van der Waals surface area contributed by atoms with Crippen molar-refractivity contribution < 1.29 is 23.1 Å². The molecule has 1 aromatic heterocycles. The van der Waals surface area contributed by atoms with Gasteiger partial charge in [0.1, 0.15) is 0 Å². The van der Waals surface area contributed by atoms with Gasteiger partial charge in [-0.05, 0) is 0 Å². The standard InChI is InChI=1S/C12H19F3N3O2Si.3C4H9.Sn/c1-21(2,3)9-8-17(11(19)20)6-7-18-5-4-10(16-18)12(13,14)15;3*1-3-4-2;/h4H,6-9H2,1-3H3,(H,19,20);3*1,3-4H2,2H3;/p-1.